The molecule has 0 aliphatic carbocycles. The summed E-state index contributed by atoms with van der Waals surface area (Å²) in [5.74, 6) is 0. The molecular formula is C6H18N3Zr. The standard InChI is InChI=1S/3C2H6N.Zr/c3*1-2-3;/h3*3H,2H2,1H3;/q3*-1;+3. The Morgan fingerprint density at radius 2 is 0.700 bits per heavy atom. The van der Waals surface area contributed by atoms with E-state index in [-0.39, 0.29) is 26.2 Å². The average molecular weight is 223 g/mol. The quantitative estimate of drug-likeness (QED) is 0.605. The summed E-state index contributed by atoms with van der Waals surface area (Å²) in [6, 6.07) is 0. The largest absolute Gasteiger partial charge is 3.00 e. The molecule has 0 aromatic carbocycles. The molecule has 0 saturated carbocycles. The molecule has 3 nitrogen and oxygen atoms in total. The van der Waals surface area contributed by atoms with Gasteiger partial charge in [-0.2, -0.15) is 19.6 Å². The zero-order valence-electron chi connectivity index (χ0n) is 7.12. The van der Waals surface area contributed by atoms with Crippen molar-refractivity contribution in [2.75, 3.05) is 19.6 Å². The molecule has 0 bridgehead atoms. The Bertz CT molecular complexity index is 17.7. The van der Waals surface area contributed by atoms with E-state index >= 15 is 0 Å². The number of hydrogen-bond donors (Lipinski definition) is 0. The van der Waals surface area contributed by atoms with Crippen LogP contribution in [0.3, 0.4) is 0 Å². The molecule has 0 aliphatic heterocycles. The maximum absolute atomic E-state index is 6.21. The van der Waals surface area contributed by atoms with Gasteiger partial charge in [0.1, 0.15) is 0 Å². The van der Waals surface area contributed by atoms with Crippen LogP contribution < -0.4 is 0 Å². The molecule has 0 fully saturated rings. The summed E-state index contributed by atoms with van der Waals surface area (Å²) in [6.45, 7) is 6.88. The van der Waals surface area contributed by atoms with E-state index in [1.54, 1.807) is 20.8 Å². The summed E-state index contributed by atoms with van der Waals surface area (Å²) in [4.78, 5) is 0. The van der Waals surface area contributed by atoms with Crippen LogP contribution in [0, 0.1) is 0 Å². The first-order valence-corrected chi connectivity index (χ1v) is 3.18. The van der Waals surface area contributed by atoms with Gasteiger partial charge in [0.25, 0.3) is 0 Å². The molecule has 0 saturated heterocycles. The average Bonchev–Trinajstić information content (AvgIpc) is 1.70. The molecule has 0 atom stereocenters. The second kappa shape index (κ2) is 52.9. The fourth-order valence-corrected chi connectivity index (χ4v) is 0. The molecule has 61 valence electrons. The third-order valence-electron chi connectivity index (χ3n) is 0. The minimum Gasteiger partial charge on any atom is -0.678 e. The SMILES string of the molecule is CC[NH-].CC[NH-].CC[NH-].[Zr+3]. The molecule has 0 amide bonds. The van der Waals surface area contributed by atoms with Crippen molar-refractivity contribution in [2.24, 2.45) is 0 Å². The molecule has 4 heteroatoms. The Balaban J connectivity index is -0.0000000257. The summed E-state index contributed by atoms with van der Waals surface area (Å²) in [6.07, 6.45) is 0. The Morgan fingerprint density at radius 3 is 0.700 bits per heavy atom. The van der Waals surface area contributed by atoms with Gasteiger partial charge in [0.2, 0.25) is 0 Å². The van der Waals surface area contributed by atoms with Crippen molar-refractivity contribution in [1.82, 2.24) is 0 Å². The van der Waals surface area contributed by atoms with Gasteiger partial charge in [0.05, 0.1) is 0 Å². The fraction of sp³-hybridized carbons (Fsp3) is 1.00. The van der Waals surface area contributed by atoms with Gasteiger partial charge < -0.3 is 17.2 Å². The zero-order chi connectivity index (χ0) is 8.12. The Morgan fingerprint density at radius 1 is 0.700 bits per heavy atom. The van der Waals surface area contributed by atoms with Crippen molar-refractivity contribution in [3.63, 3.8) is 0 Å². The van der Waals surface area contributed by atoms with Crippen molar-refractivity contribution in [3.8, 4) is 0 Å². The van der Waals surface area contributed by atoms with Crippen LogP contribution in [0.1, 0.15) is 20.8 Å². The molecule has 3 N–H and O–H groups in total. The van der Waals surface area contributed by atoms with Crippen LogP contribution in [0.2, 0.25) is 0 Å². The van der Waals surface area contributed by atoms with Crippen molar-refractivity contribution in [3.05, 3.63) is 17.2 Å². The monoisotopic (exact) mass is 222 g/mol. The van der Waals surface area contributed by atoms with E-state index in [1.807, 2.05) is 0 Å². The van der Waals surface area contributed by atoms with E-state index in [0.29, 0.717) is 19.6 Å². The second-order valence-electron chi connectivity index (χ2n) is 1.06. The number of rotatable bonds is 0. The van der Waals surface area contributed by atoms with Gasteiger partial charge in [0, 0.05) is 0 Å². The Hall–Kier alpha value is 0.763. The molecule has 0 unspecified atom stereocenters. The molecule has 10 heavy (non-hydrogen) atoms. The van der Waals surface area contributed by atoms with E-state index in [1.165, 1.54) is 0 Å². The second-order valence-corrected chi connectivity index (χ2v) is 1.06. The first kappa shape index (κ1) is 22.4. The number of nitrogens with one attached hydrogen (secondary N) is 3. The molecule has 0 spiro atoms. The molecule has 0 aromatic heterocycles. The maximum atomic E-state index is 6.21. The third kappa shape index (κ3) is 907. The van der Waals surface area contributed by atoms with E-state index < -0.39 is 0 Å². The van der Waals surface area contributed by atoms with Crippen LogP contribution in [0.15, 0.2) is 0 Å². The van der Waals surface area contributed by atoms with Gasteiger partial charge in [0.15, 0.2) is 0 Å². The molecule has 1 radical (unpaired) electrons. The first-order chi connectivity index (χ1) is 4.24. The van der Waals surface area contributed by atoms with Crippen molar-refractivity contribution in [2.45, 2.75) is 20.8 Å². The Labute approximate surface area is 83.8 Å². The third-order valence-corrected chi connectivity index (χ3v) is 0. The van der Waals surface area contributed by atoms with Gasteiger partial charge in [-0.15, -0.1) is 0 Å². The maximum Gasteiger partial charge on any atom is 3.00 e. The molecular weight excluding hydrogens is 205 g/mol. The van der Waals surface area contributed by atoms with E-state index in [0.717, 1.165) is 0 Å². The van der Waals surface area contributed by atoms with Crippen molar-refractivity contribution < 1.29 is 26.2 Å². The predicted octanol–water partition coefficient (Wildman–Crippen LogP) is 3.17. The van der Waals surface area contributed by atoms with Gasteiger partial charge in [-0.25, -0.2) is 0 Å². The van der Waals surface area contributed by atoms with Gasteiger partial charge in [-0.05, 0) is 0 Å². The molecule has 0 aliphatic rings. The predicted molar refractivity (Wildman–Crippen MR) is 44.6 cm³/mol. The van der Waals surface area contributed by atoms with Crippen molar-refractivity contribution in [1.29, 1.82) is 0 Å². The van der Waals surface area contributed by atoms with Crippen LogP contribution in [-0.2, 0) is 26.2 Å². The van der Waals surface area contributed by atoms with E-state index in [2.05, 4.69) is 0 Å². The fourth-order valence-electron chi connectivity index (χ4n) is 0. The molecule has 0 rings (SSSR count). The Kier molecular flexibility index (Phi) is 119. The summed E-state index contributed by atoms with van der Waals surface area (Å²) in [5.41, 5.74) is 18.6. The van der Waals surface area contributed by atoms with Crippen LogP contribution in [0.5, 0.6) is 0 Å². The summed E-state index contributed by atoms with van der Waals surface area (Å²) in [7, 11) is 0. The summed E-state index contributed by atoms with van der Waals surface area (Å²) in [5, 5.41) is 0. The van der Waals surface area contributed by atoms with Crippen molar-refractivity contribution >= 4 is 0 Å². The van der Waals surface area contributed by atoms with Gasteiger partial charge in [-0.1, -0.05) is 20.8 Å². The van der Waals surface area contributed by atoms with Crippen LogP contribution in [0.25, 0.3) is 17.2 Å². The first-order valence-electron chi connectivity index (χ1n) is 3.18. The normalized spacial score (nSPS) is 5.40. The van der Waals surface area contributed by atoms with Crippen LogP contribution >= 0.6 is 0 Å². The minimum atomic E-state index is 0. The van der Waals surface area contributed by atoms with Gasteiger partial charge in [-0.3, -0.25) is 0 Å². The smallest absolute Gasteiger partial charge is 0.678 e. The molecule has 0 aromatic rings. The van der Waals surface area contributed by atoms with E-state index in [4.69, 9.17) is 17.2 Å². The van der Waals surface area contributed by atoms with Gasteiger partial charge >= 0.3 is 26.2 Å². The van der Waals surface area contributed by atoms with Crippen LogP contribution in [0.4, 0.5) is 0 Å². The minimum absolute atomic E-state index is 0. The summed E-state index contributed by atoms with van der Waals surface area (Å²) < 4.78 is 0. The number of hydrogen-bond acceptors (Lipinski definition) is 0. The topological polar surface area (TPSA) is 71.4 Å². The summed E-state index contributed by atoms with van der Waals surface area (Å²) >= 11 is 0. The van der Waals surface area contributed by atoms with E-state index in [9.17, 15) is 0 Å². The van der Waals surface area contributed by atoms with Crippen LogP contribution in [-0.4, -0.2) is 19.6 Å². The molecule has 0 heterocycles. The zero-order valence-corrected chi connectivity index (χ0v) is 9.58.